The van der Waals surface area contributed by atoms with Gasteiger partial charge < -0.3 is 9.47 Å². The van der Waals surface area contributed by atoms with Crippen LogP contribution < -0.4 is 9.47 Å². The lowest BCUT2D eigenvalue weighted by molar-refractivity contribution is -0.122. The Balaban J connectivity index is 1.46. The summed E-state index contributed by atoms with van der Waals surface area (Å²) in [6.45, 7) is 3.08. The van der Waals surface area contributed by atoms with Crippen LogP contribution in [-0.2, 0) is 17.8 Å². The van der Waals surface area contributed by atoms with Crippen LogP contribution in [0.5, 0.6) is 11.5 Å². The summed E-state index contributed by atoms with van der Waals surface area (Å²) < 4.78 is 12.5. The first kappa shape index (κ1) is 26.3. The molecule has 1 aliphatic rings. The molecule has 3 aromatic rings. The Morgan fingerprint density at radius 3 is 2.47 bits per heavy atom. The summed E-state index contributed by atoms with van der Waals surface area (Å²) in [7, 11) is 0. The van der Waals surface area contributed by atoms with Gasteiger partial charge in [0.2, 0.25) is 0 Å². The van der Waals surface area contributed by atoms with Crippen LogP contribution in [0.1, 0.15) is 30.0 Å². The maximum absolute atomic E-state index is 12.9. The number of hydrogen-bond donors (Lipinski definition) is 0. The van der Waals surface area contributed by atoms with Crippen molar-refractivity contribution in [3.05, 3.63) is 97.8 Å². The van der Waals surface area contributed by atoms with E-state index >= 15 is 0 Å². The van der Waals surface area contributed by atoms with Gasteiger partial charge in [0, 0.05) is 11.6 Å². The molecule has 36 heavy (non-hydrogen) atoms. The van der Waals surface area contributed by atoms with Crippen LogP contribution in [-0.4, -0.2) is 29.2 Å². The van der Waals surface area contributed by atoms with Crippen molar-refractivity contribution >= 4 is 56.5 Å². The fourth-order valence-corrected chi connectivity index (χ4v) is 5.31. The van der Waals surface area contributed by atoms with Gasteiger partial charge in [-0.1, -0.05) is 54.1 Å². The first-order chi connectivity index (χ1) is 17.4. The lowest BCUT2D eigenvalue weighted by atomic mass is 10.1. The van der Waals surface area contributed by atoms with Crippen molar-refractivity contribution < 1.29 is 19.1 Å². The second-order valence-corrected chi connectivity index (χ2v) is 10.4. The average molecular weight is 587 g/mol. The highest BCUT2D eigenvalue weighted by Gasteiger charge is 2.34. The smallest absolute Gasteiger partial charge is 0.293 e. The molecule has 0 aliphatic carbocycles. The van der Waals surface area contributed by atoms with Gasteiger partial charge in [0.25, 0.3) is 11.1 Å². The lowest BCUT2D eigenvalue weighted by Crippen LogP contribution is -2.29. The molecular formula is C28H25BrClNO4S. The van der Waals surface area contributed by atoms with E-state index in [1.807, 2.05) is 73.7 Å². The highest BCUT2D eigenvalue weighted by molar-refractivity contribution is 9.10. The normalized spacial score (nSPS) is 14.5. The van der Waals surface area contributed by atoms with Gasteiger partial charge >= 0.3 is 0 Å². The standard InChI is InChI=1S/C28H25BrClNO4S/c1-2-34-24-16-21(15-23(29)26(24)35-18-20-10-12-22(30)13-11-20)17-25-27(32)31(28(33)36-25)14-6-9-19-7-4-3-5-8-19/h3-5,7-8,10-13,15-17H,2,6,9,14,18H2,1H3/b25-17+. The first-order valence-electron chi connectivity index (χ1n) is 11.6. The molecule has 1 heterocycles. The van der Waals surface area contributed by atoms with Crippen LogP contribution in [0.15, 0.2) is 76.1 Å². The number of carbonyl (C=O) groups excluding carboxylic acids is 2. The number of carbonyl (C=O) groups is 2. The Bertz CT molecular complexity index is 1260. The molecule has 2 amide bonds. The summed E-state index contributed by atoms with van der Waals surface area (Å²) in [4.78, 5) is 27.2. The van der Waals surface area contributed by atoms with E-state index in [0.29, 0.717) is 45.7 Å². The quantitative estimate of drug-likeness (QED) is 0.227. The molecule has 0 unspecified atom stereocenters. The van der Waals surface area contributed by atoms with Crippen LogP contribution in [0, 0.1) is 0 Å². The number of nitrogens with zero attached hydrogens (tertiary/aromatic N) is 1. The molecule has 0 spiro atoms. The summed E-state index contributed by atoms with van der Waals surface area (Å²) >= 11 is 10.5. The summed E-state index contributed by atoms with van der Waals surface area (Å²) in [5.74, 6) is 0.849. The van der Waals surface area contributed by atoms with Crippen molar-refractivity contribution in [3.8, 4) is 11.5 Å². The molecule has 0 radical (unpaired) electrons. The number of thioether (sulfide) groups is 1. The van der Waals surface area contributed by atoms with Crippen LogP contribution >= 0.6 is 39.3 Å². The van der Waals surface area contributed by atoms with E-state index in [2.05, 4.69) is 15.9 Å². The molecule has 0 saturated carbocycles. The Labute approximate surface area is 228 Å². The van der Waals surface area contributed by atoms with Crippen molar-refractivity contribution in [2.45, 2.75) is 26.4 Å². The van der Waals surface area contributed by atoms with Crippen LogP contribution in [0.4, 0.5) is 4.79 Å². The van der Waals surface area contributed by atoms with E-state index in [4.69, 9.17) is 21.1 Å². The molecule has 0 N–H and O–H groups in total. The molecule has 1 fully saturated rings. The predicted molar refractivity (Wildman–Crippen MR) is 149 cm³/mol. The van der Waals surface area contributed by atoms with E-state index in [1.54, 1.807) is 6.08 Å². The second-order valence-electron chi connectivity index (χ2n) is 8.10. The highest BCUT2D eigenvalue weighted by atomic mass is 79.9. The number of imide groups is 1. The molecule has 3 aromatic carbocycles. The molecule has 0 aromatic heterocycles. The van der Waals surface area contributed by atoms with Crippen LogP contribution in [0.2, 0.25) is 5.02 Å². The fraction of sp³-hybridized carbons (Fsp3) is 0.214. The third-order valence-corrected chi connectivity index (χ3v) is 7.24. The zero-order valence-corrected chi connectivity index (χ0v) is 22.9. The number of ether oxygens (including phenoxy) is 2. The number of aryl methyl sites for hydroxylation is 1. The molecule has 0 atom stereocenters. The number of benzene rings is 3. The van der Waals surface area contributed by atoms with E-state index in [1.165, 1.54) is 10.5 Å². The van der Waals surface area contributed by atoms with Gasteiger partial charge in [-0.15, -0.1) is 0 Å². The molecule has 1 aliphatic heterocycles. The molecule has 186 valence electrons. The predicted octanol–water partition coefficient (Wildman–Crippen LogP) is 7.75. The van der Waals surface area contributed by atoms with Crippen molar-refractivity contribution in [3.63, 3.8) is 0 Å². The number of hydrogen-bond acceptors (Lipinski definition) is 5. The van der Waals surface area contributed by atoms with E-state index in [-0.39, 0.29) is 11.1 Å². The van der Waals surface area contributed by atoms with E-state index in [0.717, 1.165) is 35.7 Å². The number of rotatable bonds is 10. The van der Waals surface area contributed by atoms with Gasteiger partial charge in [-0.3, -0.25) is 14.5 Å². The number of halogens is 2. The fourth-order valence-electron chi connectivity index (χ4n) is 3.74. The maximum atomic E-state index is 12.9. The maximum Gasteiger partial charge on any atom is 0.293 e. The molecule has 4 rings (SSSR count). The van der Waals surface area contributed by atoms with Crippen LogP contribution in [0.3, 0.4) is 0 Å². The minimum atomic E-state index is -0.268. The largest absolute Gasteiger partial charge is 0.490 e. The summed E-state index contributed by atoms with van der Waals surface area (Å²) in [5, 5.41) is 0.422. The molecule has 5 nitrogen and oxygen atoms in total. The molecular weight excluding hydrogens is 562 g/mol. The van der Waals surface area contributed by atoms with Crippen molar-refractivity contribution in [2.75, 3.05) is 13.2 Å². The van der Waals surface area contributed by atoms with E-state index < -0.39 is 0 Å². The third-order valence-electron chi connectivity index (χ3n) is 5.49. The van der Waals surface area contributed by atoms with Gasteiger partial charge in [0.05, 0.1) is 16.0 Å². The zero-order valence-electron chi connectivity index (χ0n) is 19.7. The first-order valence-corrected chi connectivity index (χ1v) is 13.6. The Morgan fingerprint density at radius 1 is 1.00 bits per heavy atom. The van der Waals surface area contributed by atoms with Crippen LogP contribution in [0.25, 0.3) is 6.08 Å². The zero-order chi connectivity index (χ0) is 25.5. The summed E-state index contributed by atoms with van der Waals surface area (Å²) in [6, 6.07) is 21.1. The minimum absolute atomic E-state index is 0.244. The van der Waals surface area contributed by atoms with Crippen molar-refractivity contribution in [1.82, 2.24) is 4.90 Å². The number of amides is 2. The Kier molecular flexibility index (Phi) is 9.13. The highest BCUT2D eigenvalue weighted by Crippen LogP contribution is 2.39. The van der Waals surface area contributed by atoms with Gasteiger partial charge in [-0.25, -0.2) is 0 Å². The monoisotopic (exact) mass is 585 g/mol. The summed E-state index contributed by atoms with van der Waals surface area (Å²) in [6.07, 6.45) is 3.25. The Morgan fingerprint density at radius 2 is 1.75 bits per heavy atom. The van der Waals surface area contributed by atoms with Crippen molar-refractivity contribution in [2.24, 2.45) is 0 Å². The minimum Gasteiger partial charge on any atom is -0.490 e. The Hall–Kier alpha value is -2.74. The SMILES string of the molecule is CCOc1cc(/C=C2/SC(=O)N(CCCc3ccccc3)C2=O)cc(Br)c1OCc1ccc(Cl)cc1. The topological polar surface area (TPSA) is 55.8 Å². The molecule has 8 heteroatoms. The molecule has 1 saturated heterocycles. The lowest BCUT2D eigenvalue weighted by Gasteiger charge is -2.15. The van der Waals surface area contributed by atoms with Gasteiger partial charge in [-0.2, -0.15) is 0 Å². The third kappa shape index (κ3) is 6.72. The molecule has 0 bridgehead atoms. The van der Waals surface area contributed by atoms with E-state index in [9.17, 15) is 9.59 Å². The van der Waals surface area contributed by atoms with Gasteiger partial charge in [0.15, 0.2) is 11.5 Å². The summed E-state index contributed by atoms with van der Waals surface area (Å²) in [5.41, 5.74) is 2.89. The van der Waals surface area contributed by atoms with Gasteiger partial charge in [-0.05, 0) is 94.5 Å². The average Bonchev–Trinajstić information content (AvgIpc) is 3.13. The second kappa shape index (κ2) is 12.5. The van der Waals surface area contributed by atoms with Gasteiger partial charge in [0.1, 0.15) is 6.61 Å². The van der Waals surface area contributed by atoms with Crippen molar-refractivity contribution in [1.29, 1.82) is 0 Å².